The van der Waals surface area contributed by atoms with E-state index in [2.05, 4.69) is 12.2 Å². The van der Waals surface area contributed by atoms with Crippen LogP contribution < -0.4 is 0 Å². The van der Waals surface area contributed by atoms with E-state index >= 15 is 0 Å². The molecule has 0 aromatic heterocycles. The third kappa shape index (κ3) is 1.31. The van der Waals surface area contributed by atoms with Gasteiger partial charge in [-0.3, -0.25) is 4.90 Å². The second-order valence-electron chi connectivity index (χ2n) is 5.22. The Morgan fingerprint density at radius 3 is 2.50 bits per heavy atom. The zero-order chi connectivity index (χ0) is 10.5. The van der Waals surface area contributed by atoms with Crippen LogP contribution in [0.15, 0.2) is 12.2 Å². The van der Waals surface area contributed by atoms with Gasteiger partial charge in [-0.05, 0) is 33.1 Å². The molecule has 2 aliphatic carbocycles. The van der Waals surface area contributed by atoms with Crippen molar-refractivity contribution >= 4 is 6.09 Å². The largest absolute Gasteiger partial charge is 0.465 e. The van der Waals surface area contributed by atoms with Crippen molar-refractivity contribution < 1.29 is 9.90 Å². The summed E-state index contributed by atoms with van der Waals surface area (Å²) in [5.74, 6) is 1.05. The van der Waals surface area contributed by atoms with Gasteiger partial charge >= 0.3 is 6.09 Å². The number of nitrogens with zero attached hydrogens (tertiary/aromatic N) is 1. The normalized spacial score (nSPS) is 34.1. The Hall–Kier alpha value is -0.990. The minimum atomic E-state index is -0.787. The predicted octanol–water partition coefficient (Wildman–Crippen LogP) is 2.34. The minimum absolute atomic E-state index is 0.234. The Morgan fingerprint density at radius 2 is 2.14 bits per heavy atom. The van der Waals surface area contributed by atoms with E-state index in [0.717, 1.165) is 6.42 Å². The van der Waals surface area contributed by atoms with E-state index in [0.29, 0.717) is 11.8 Å². The molecule has 2 aliphatic rings. The summed E-state index contributed by atoms with van der Waals surface area (Å²) in [6.45, 7) is 5.87. The molecule has 1 N–H and O–H groups in total. The van der Waals surface area contributed by atoms with E-state index in [1.165, 1.54) is 0 Å². The lowest BCUT2D eigenvalue weighted by Gasteiger charge is -2.34. The minimum Gasteiger partial charge on any atom is -0.465 e. The van der Waals surface area contributed by atoms with Crippen LogP contribution in [0, 0.1) is 11.8 Å². The van der Waals surface area contributed by atoms with Gasteiger partial charge in [0.15, 0.2) is 0 Å². The highest BCUT2D eigenvalue weighted by molar-refractivity contribution is 5.67. The summed E-state index contributed by atoms with van der Waals surface area (Å²) in [5.41, 5.74) is -0.283. The zero-order valence-corrected chi connectivity index (χ0v) is 8.90. The fourth-order valence-electron chi connectivity index (χ4n) is 2.55. The number of hydrogen-bond donors (Lipinski definition) is 1. The summed E-state index contributed by atoms with van der Waals surface area (Å²) in [4.78, 5) is 12.8. The van der Waals surface area contributed by atoms with E-state index in [9.17, 15) is 9.90 Å². The van der Waals surface area contributed by atoms with Crippen molar-refractivity contribution in [1.29, 1.82) is 0 Å². The zero-order valence-electron chi connectivity index (χ0n) is 8.90. The molecule has 0 saturated heterocycles. The first kappa shape index (κ1) is 9.56. The molecule has 0 heterocycles. The van der Waals surface area contributed by atoms with E-state index in [4.69, 9.17) is 0 Å². The molecule has 0 unspecified atom stereocenters. The monoisotopic (exact) mass is 195 g/mol. The van der Waals surface area contributed by atoms with E-state index < -0.39 is 6.09 Å². The quantitative estimate of drug-likeness (QED) is 0.652. The third-order valence-electron chi connectivity index (χ3n) is 3.18. The molecule has 14 heavy (non-hydrogen) atoms. The Labute approximate surface area is 84.4 Å². The Kier molecular flexibility index (Phi) is 1.88. The van der Waals surface area contributed by atoms with Crippen LogP contribution >= 0.6 is 0 Å². The highest BCUT2D eigenvalue weighted by atomic mass is 16.4. The lowest BCUT2D eigenvalue weighted by atomic mass is 10.1. The second kappa shape index (κ2) is 2.75. The molecule has 3 nitrogen and oxygen atoms in total. The van der Waals surface area contributed by atoms with E-state index in [1.54, 1.807) is 4.90 Å². The van der Waals surface area contributed by atoms with Crippen molar-refractivity contribution in [3.63, 3.8) is 0 Å². The number of carboxylic acid groups (broad SMARTS) is 1. The number of carbonyl (C=O) groups is 1. The lowest BCUT2D eigenvalue weighted by molar-refractivity contribution is 0.0898. The summed E-state index contributed by atoms with van der Waals surface area (Å²) in [5, 5.41) is 9.18. The Bertz CT molecular complexity index is 290. The Morgan fingerprint density at radius 1 is 1.50 bits per heavy atom. The number of amides is 1. The van der Waals surface area contributed by atoms with Gasteiger partial charge in [0.05, 0.1) is 0 Å². The number of rotatable bonds is 1. The first-order valence-corrected chi connectivity index (χ1v) is 5.12. The molecular weight excluding hydrogens is 178 g/mol. The summed E-state index contributed by atoms with van der Waals surface area (Å²) in [6.07, 6.45) is 4.59. The smallest absolute Gasteiger partial charge is 0.408 e. The van der Waals surface area contributed by atoms with Crippen LogP contribution in [0.2, 0.25) is 0 Å². The summed E-state index contributed by atoms with van der Waals surface area (Å²) >= 11 is 0. The fraction of sp³-hybridized carbons (Fsp3) is 0.727. The first-order valence-electron chi connectivity index (χ1n) is 5.12. The van der Waals surface area contributed by atoms with Gasteiger partial charge < -0.3 is 5.11 Å². The van der Waals surface area contributed by atoms with Crippen molar-refractivity contribution in [3.8, 4) is 0 Å². The molecule has 1 amide bonds. The van der Waals surface area contributed by atoms with E-state index in [1.807, 2.05) is 20.8 Å². The van der Waals surface area contributed by atoms with Gasteiger partial charge in [0.2, 0.25) is 0 Å². The maximum Gasteiger partial charge on any atom is 0.408 e. The highest BCUT2D eigenvalue weighted by Crippen LogP contribution is 2.52. The molecular formula is C11H17NO2. The number of allylic oxidation sites excluding steroid dienone is 1. The van der Waals surface area contributed by atoms with Gasteiger partial charge in [-0.1, -0.05) is 12.2 Å². The van der Waals surface area contributed by atoms with Crippen LogP contribution in [0.3, 0.4) is 0 Å². The van der Waals surface area contributed by atoms with Gasteiger partial charge in [0.1, 0.15) is 0 Å². The van der Waals surface area contributed by atoms with Crippen LogP contribution in [-0.4, -0.2) is 27.7 Å². The van der Waals surface area contributed by atoms with Crippen molar-refractivity contribution in [2.24, 2.45) is 11.8 Å². The van der Waals surface area contributed by atoms with Crippen molar-refractivity contribution in [3.05, 3.63) is 12.2 Å². The summed E-state index contributed by atoms with van der Waals surface area (Å²) in [7, 11) is 0. The van der Waals surface area contributed by atoms with Gasteiger partial charge in [0, 0.05) is 17.5 Å². The van der Waals surface area contributed by atoms with Crippen molar-refractivity contribution in [2.45, 2.75) is 38.8 Å². The van der Waals surface area contributed by atoms with Crippen LogP contribution in [-0.2, 0) is 0 Å². The second-order valence-corrected chi connectivity index (χ2v) is 5.22. The van der Waals surface area contributed by atoms with Crippen molar-refractivity contribution in [1.82, 2.24) is 4.90 Å². The molecule has 0 aromatic rings. The SMILES string of the molecule is CC(C)(C)N(C(=O)O)[C@H]1[C@@H]2C=CC[C@@H]21. The maximum absolute atomic E-state index is 11.2. The maximum atomic E-state index is 11.2. The number of fused-ring (bicyclic) bond motifs is 1. The highest BCUT2D eigenvalue weighted by Gasteiger charge is 2.57. The predicted molar refractivity (Wildman–Crippen MR) is 54.1 cm³/mol. The topological polar surface area (TPSA) is 40.5 Å². The molecule has 1 fully saturated rings. The average molecular weight is 195 g/mol. The molecule has 3 atom stereocenters. The molecule has 2 rings (SSSR count). The standard InChI is InChI=1S/C11H17NO2/c1-11(2,3)12(10(13)14)9-7-5-4-6-8(7)9/h4-5,7-9H,6H2,1-3H3,(H,13,14)/t7-,8+,9+/m1/s1. The van der Waals surface area contributed by atoms with E-state index in [-0.39, 0.29) is 11.6 Å². The summed E-state index contributed by atoms with van der Waals surface area (Å²) in [6, 6.07) is 0.234. The molecule has 0 radical (unpaired) electrons. The van der Waals surface area contributed by atoms with Crippen LogP contribution in [0.1, 0.15) is 27.2 Å². The summed E-state index contributed by atoms with van der Waals surface area (Å²) < 4.78 is 0. The molecule has 0 bridgehead atoms. The van der Waals surface area contributed by atoms with Crippen LogP contribution in [0.4, 0.5) is 4.79 Å². The molecule has 78 valence electrons. The first-order chi connectivity index (χ1) is 6.43. The lowest BCUT2D eigenvalue weighted by Crippen LogP contribution is -2.47. The Balaban J connectivity index is 2.14. The van der Waals surface area contributed by atoms with Gasteiger partial charge in [-0.25, -0.2) is 4.79 Å². The molecule has 1 saturated carbocycles. The van der Waals surface area contributed by atoms with Gasteiger partial charge in [-0.15, -0.1) is 0 Å². The molecule has 0 aromatic carbocycles. The third-order valence-corrected chi connectivity index (χ3v) is 3.18. The van der Waals surface area contributed by atoms with Crippen molar-refractivity contribution in [2.75, 3.05) is 0 Å². The van der Waals surface area contributed by atoms with Gasteiger partial charge in [0.25, 0.3) is 0 Å². The van der Waals surface area contributed by atoms with Crippen LogP contribution in [0.25, 0.3) is 0 Å². The molecule has 3 heteroatoms. The number of hydrogen-bond acceptors (Lipinski definition) is 1. The molecule has 0 spiro atoms. The fourth-order valence-corrected chi connectivity index (χ4v) is 2.55. The van der Waals surface area contributed by atoms with Crippen LogP contribution in [0.5, 0.6) is 0 Å². The average Bonchev–Trinajstić information content (AvgIpc) is 2.52. The molecule has 0 aliphatic heterocycles. The van der Waals surface area contributed by atoms with Gasteiger partial charge in [-0.2, -0.15) is 0 Å².